The van der Waals surface area contributed by atoms with Crippen LogP contribution in [0.2, 0.25) is 0 Å². The summed E-state index contributed by atoms with van der Waals surface area (Å²) in [5.74, 6) is 2.79. The Morgan fingerprint density at radius 2 is 1.90 bits per heavy atom. The van der Waals surface area contributed by atoms with Gasteiger partial charge < -0.3 is 24.7 Å². The zero-order valence-electron chi connectivity index (χ0n) is 19.3. The van der Waals surface area contributed by atoms with Crippen LogP contribution in [0.1, 0.15) is 43.2 Å². The fraction of sp³-hybridized carbons (Fsp3) is 0.727. The third-order valence-electron chi connectivity index (χ3n) is 6.28. The fourth-order valence-electron chi connectivity index (χ4n) is 4.59. The first-order chi connectivity index (χ1) is 14.4. The van der Waals surface area contributed by atoms with Crippen LogP contribution in [0, 0.1) is 12.3 Å². The number of hydrogen-bond acceptors (Lipinski definition) is 5. The number of carbonyl (C=O) groups is 1. The van der Waals surface area contributed by atoms with Crippen LogP contribution in [0.5, 0.6) is 0 Å². The number of aryl methyl sites for hydroxylation is 1. The van der Waals surface area contributed by atoms with Crippen LogP contribution < -0.4 is 10.6 Å². The summed E-state index contributed by atoms with van der Waals surface area (Å²) in [6.07, 6.45) is 4.06. The summed E-state index contributed by atoms with van der Waals surface area (Å²) in [6, 6.07) is 4.16. The van der Waals surface area contributed by atoms with Crippen molar-refractivity contribution in [3.8, 4) is 0 Å². The molecule has 0 radical (unpaired) electrons. The van der Waals surface area contributed by atoms with Gasteiger partial charge in [-0.25, -0.2) is 0 Å². The molecule has 1 saturated heterocycles. The van der Waals surface area contributed by atoms with Crippen molar-refractivity contribution < 1.29 is 13.9 Å². The lowest BCUT2D eigenvalue weighted by Crippen LogP contribution is -2.50. The molecule has 31 heavy (non-hydrogen) atoms. The molecule has 2 aliphatic rings. The summed E-state index contributed by atoms with van der Waals surface area (Å²) in [7, 11) is 5.45. The molecule has 1 saturated carbocycles. The molecule has 0 bridgehead atoms. The summed E-state index contributed by atoms with van der Waals surface area (Å²) in [5.41, 5.74) is -0.331. The second-order valence-corrected chi connectivity index (χ2v) is 8.61. The molecule has 9 heteroatoms. The van der Waals surface area contributed by atoms with Crippen molar-refractivity contribution >= 4 is 35.8 Å². The minimum Gasteiger partial charge on any atom is -0.465 e. The first kappa shape index (κ1) is 25.9. The highest BCUT2D eigenvalue weighted by Crippen LogP contribution is 2.38. The maximum absolute atomic E-state index is 12.8. The number of ether oxygens (including phenoxy) is 1. The summed E-state index contributed by atoms with van der Waals surface area (Å²) in [5, 5.41) is 6.88. The number of morpholine rings is 1. The van der Waals surface area contributed by atoms with Gasteiger partial charge in [0, 0.05) is 47.3 Å². The maximum Gasteiger partial charge on any atom is 0.230 e. The SMILES string of the molecule is CN=C(NCC(c1ccc(C)o1)N1CCOCC1)NCC1(C(=O)N(C)C)CCCC1.I. The van der Waals surface area contributed by atoms with Gasteiger partial charge in [0.15, 0.2) is 5.96 Å². The summed E-state index contributed by atoms with van der Waals surface area (Å²) in [6.45, 7) is 6.46. The predicted molar refractivity (Wildman–Crippen MR) is 133 cm³/mol. The van der Waals surface area contributed by atoms with Crippen LogP contribution >= 0.6 is 24.0 Å². The number of hydrogen-bond donors (Lipinski definition) is 2. The molecule has 3 rings (SSSR count). The Labute approximate surface area is 203 Å². The molecular weight excluding hydrogens is 509 g/mol. The van der Waals surface area contributed by atoms with Crippen molar-refractivity contribution in [1.82, 2.24) is 20.4 Å². The fourth-order valence-corrected chi connectivity index (χ4v) is 4.59. The van der Waals surface area contributed by atoms with Crippen LogP contribution in [0.3, 0.4) is 0 Å². The average Bonchev–Trinajstić information content (AvgIpc) is 3.40. The summed E-state index contributed by atoms with van der Waals surface area (Å²) in [4.78, 5) is 21.3. The molecule has 2 heterocycles. The number of carbonyl (C=O) groups excluding carboxylic acids is 1. The Bertz CT molecular complexity index is 724. The van der Waals surface area contributed by atoms with Gasteiger partial charge in [-0.15, -0.1) is 24.0 Å². The molecule has 1 aromatic rings. The van der Waals surface area contributed by atoms with Crippen molar-refractivity contribution in [2.75, 3.05) is 60.5 Å². The topological polar surface area (TPSA) is 82.3 Å². The van der Waals surface area contributed by atoms with Gasteiger partial charge in [0.05, 0.1) is 24.7 Å². The molecule has 1 amide bonds. The van der Waals surface area contributed by atoms with Gasteiger partial charge in [-0.1, -0.05) is 12.8 Å². The number of aliphatic imine (C=N–C) groups is 1. The Morgan fingerprint density at radius 1 is 1.23 bits per heavy atom. The van der Waals surface area contributed by atoms with E-state index in [1.807, 2.05) is 27.1 Å². The van der Waals surface area contributed by atoms with Gasteiger partial charge in [-0.2, -0.15) is 0 Å². The zero-order chi connectivity index (χ0) is 21.6. The highest BCUT2D eigenvalue weighted by Gasteiger charge is 2.42. The highest BCUT2D eigenvalue weighted by atomic mass is 127. The Morgan fingerprint density at radius 3 is 2.45 bits per heavy atom. The molecule has 1 atom stereocenters. The van der Waals surface area contributed by atoms with Gasteiger partial charge >= 0.3 is 0 Å². The molecule has 1 aromatic heterocycles. The van der Waals surface area contributed by atoms with Crippen molar-refractivity contribution in [2.24, 2.45) is 10.4 Å². The lowest BCUT2D eigenvalue weighted by Gasteiger charge is -2.34. The highest BCUT2D eigenvalue weighted by molar-refractivity contribution is 14.0. The molecule has 0 aromatic carbocycles. The van der Waals surface area contributed by atoms with E-state index in [0.717, 1.165) is 69.5 Å². The van der Waals surface area contributed by atoms with Crippen molar-refractivity contribution in [3.05, 3.63) is 23.7 Å². The van der Waals surface area contributed by atoms with Crippen molar-refractivity contribution in [3.63, 3.8) is 0 Å². The van der Waals surface area contributed by atoms with Crippen LogP contribution in [-0.4, -0.2) is 82.2 Å². The largest absolute Gasteiger partial charge is 0.465 e. The number of furan rings is 1. The lowest BCUT2D eigenvalue weighted by molar-refractivity contribution is -0.138. The van der Waals surface area contributed by atoms with Gasteiger partial charge in [-0.05, 0) is 31.9 Å². The monoisotopic (exact) mass is 547 g/mol. The molecule has 2 fully saturated rings. The number of halogens is 1. The first-order valence-corrected chi connectivity index (χ1v) is 11.0. The number of rotatable bonds is 7. The van der Waals surface area contributed by atoms with Crippen molar-refractivity contribution in [1.29, 1.82) is 0 Å². The number of amides is 1. The van der Waals surface area contributed by atoms with Crippen LogP contribution in [0.15, 0.2) is 21.5 Å². The molecule has 1 unspecified atom stereocenters. The van der Waals surface area contributed by atoms with E-state index in [2.05, 4.69) is 26.6 Å². The number of nitrogens with one attached hydrogen (secondary N) is 2. The molecule has 1 aliphatic carbocycles. The summed E-state index contributed by atoms with van der Waals surface area (Å²) < 4.78 is 11.5. The average molecular weight is 547 g/mol. The van der Waals surface area contributed by atoms with E-state index in [1.165, 1.54) is 0 Å². The Kier molecular flexibility index (Phi) is 10.1. The molecule has 2 N–H and O–H groups in total. The molecule has 8 nitrogen and oxygen atoms in total. The van der Waals surface area contributed by atoms with Crippen LogP contribution in [-0.2, 0) is 9.53 Å². The van der Waals surface area contributed by atoms with Gasteiger partial charge in [0.2, 0.25) is 5.91 Å². The van der Waals surface area contributed by atoms with Gasteiger partial charge in [0.1, 0.15) is 11.5 Å². The second kappa shape index (κ2) is 12.1. The standard InChI is InChI=1S/C22H37N5O3.HI/c1-17-7-8-19(30-17)18(27-11-13-29-14-12-27)15-24-21(23-2)25-16-22(9-5-6-10-22)20(28)26(3)4;/h7-8,18H,5-6,9-16H2,1-4H3,(H2,23,24,25);1H. The zero-order valence-corrected chi connectivity index (χ0v) is 21.6. The third kappa shape index (κ3) is 6.58. The van der Waals surface area contributed by atoms with E-state index in [-0.39, 0.29) is 41.3 Å². The second-order valence-electron chi connectivity index (χ2n) is 8.61. The first-order valence-electron chi connectivity index (χ1n) is 11.0. The molecule has 1 aliphatic heterocycles. The van der Waals surface area contributed by atoms with E-state index in [4.69, 9.17) is 9.15 Å². The smallest absolute Gasteiger partial charge is 0.230 e. The Hall–Kier alpha value is -1.33. The molecular formula is C22H38IN5O3. The third-order valence-corrected chi connectivity index (χ3v) is 6.28. The summed E-state index contributed by atoms with van der Waals surface area (Å²) >= 11 is 0. The van der Waals surface area contributed by atoms with Gasteiger partial charge in [-0.3, -0.25) is 14.7 Å². The normalized spacial score (nSPS) is 20.1. The minimum atomic E-state index is -0.331. The number of guanidine groups is 1. The predicted octanol–water partition coefficient (Wildman–Crippen LogP) is 2.39. The molecule has 176 valence electrons. The van der Waals surface area contributed by atoms with E-state index >= 15 is 0 Å². The van der Waals surface area contributed by atoms with Crippen LogP contribution in [0.4, 0.5) is 0 Å². The van der Waals surface area contributed by atoms with E-state index in [0.29, 0.717) is 13.1 Å². The van der Waals surface area contributed by atoms with E-state index in [9.17, 15) is 4.79 Å². The van der Waals surface area contributed by atoms with Crippen molar-refractivity contribution in [2.45, 2.75) is 38.6 Å². The Balaban J connectivity index is 0.00000341. The van der Waals surface area contributed by atoms with E-state index in [1.54, 1.807) is 11.9 Å². The quantitative estimate of drug-likeness (QED) is 0.310. The van der Waals surface area contributed by atoms with Gasteiger partial charge in [0.25, 0.3) is 0 Å². The number of nitrogens with zero attached hydrogens (tertiary/aromatic N) is 3. The molecule has 0 spiro atoms. The minimum absolute atomic E-state index is 0. The lowest BCUT2D eigenvalue weighted by atomic mass is 9.84. The van der Waals surface area contributed by atoms with Crippen LogP contribution in [0.25, 0.3) is 0 Å². The maximum atomic E-state index is 12.8. The van der Waals surface area contributed by atoms with E-state index < -0.39 is 0 Å².